The molecule has 1 aliphatic heterocycles. The first-order valence-corrected chi connectivity index (χ1v) is 6.39. The summed E-state index contributed by atoms with van der Waals surface area (Å²) in [6, 6.07) is 2.82. The van der Waals surface area contributed by atoms with Gasteiger partial charge in [-0.1, -0.05) is 11.6 Å². The minimum absolute atomic E-state index is 0.135. The fourth-order valence-corrected chi connectivity index (χ4v) is 2.04. The van der Waals surface area contributed by atoms with E-state index in [1.807, 2.05) is 27.7 Å². The minimum Gasteiger partial charge on any atom is -0.506 e. The SMILES string of the molecule is CC1(C)OB(c2cc(Cl)c(O)cc2C=O)OC1(C)C. The molecule has 4 nitrogen and oxygen atoms in total. The third-order valence-corrected chi connectivity index (χ3v) is 4.09. The lowest BCUT2D eigenvalue weighted by Gasteiger charge is -2.32. The summed E-state index contributed by atoms with van der Waals surface area (Å²) in [5.41, 5.74) is -0.165. The molecule has 0 atom stereocenters. The van der Waals surface area contributed by atoms with Gasteiger partial charge in [-0.05, 0) is 45.3 Å². The molecule has 0 spiro atoms. The molecule has 19 heavy (non-hydrogen) atoms. The maximum Gasteiger partial charge on any atom is 0.495 e. The van der Waals surface area contributed by atoms with Crippen LogP contribution in [-0.4, -0.2) is 29.7 Å². The highest BCUT2D eigenvalue weighted by Gasteiger charge is 2.52. The lowest BCUT2D eigenvalue weighted by atomic mass is 9.76. The number of hydrogen-bond donors (Lipinski definition) is 1. The topological polar surface area (TPSA) is 55.8 Å². The van der Waals surface area contributed by atoms with Gasteiger partial charge in [0, 0.05) is 5.56 Å². The van der Waals surface area contributed by atoms with E-state index in [2.05, 4.69) is 0 Å². The zero-order valence-electron chi connectivity index (χ0n) is 11.4. The molecule has 1 saturated heterocycles. The van der Waals surface area contributed by atoms with Crippen LogP contribution in [0.4, 0.5) is 0 Å². The minimum atomic E-state index is -0.678. The Morgan fingerprint density at radius 1 is 1.21 bits per heavy atom. The molecular weight excluding hydrogens is 266 g/mol. The maximum absolute atomic E-state index is 11.1. The number of aromatic hydroxyl groups is 1. The molecule has 0 amide bonds. The molecule has 1 aliphatic rings. The van der Waals surface area contributed by atoms with Crippen LogP contribution in [0.25, 0.3) is 0 Å². The molecule has 102 valence electrons. The molecule has 1 aromatic rings. The first-order valence-electron chi connectivity index (χ1n) is 6.01. The summed E-state index contributed by atoms with van der Waals surface area (Å²) in [5, 5.41) is 9.69. The molecular formula is C13H16BClO4. The zero-order valence-corrected chi connectivity index (χ0v) is 12.1. The van der Waals surface area contributed by atoms with E-state index in [1.54, 1.807) is 0 Å². The number of aldehydes is 1. The van der Waals surface area contributed by atoms with Crippen molar-refractivity contribution in [3.63, 3.8) is 0 Å². The van der Waals surface area contributed by atoms with Crippen molar-refractivity contribution in [3.05, 3.63) is 22.7 Å². The lowest BCUT2D eigenvalue weighted by Crippen LogP contribution is -2.41. The fourth-order valence-electron chi connectivity index (χ4n) is 1.87. The first-order chi connectivity index (χ1) is 8.68. The van der Waals surface area contributed by atoms with Crippen LogP contribution < -0.4 is 5.46 Å². The van der Waals surface area contributed by atoms with Crippen molar-refractivity contribution < 1.29 is 19.2 Å². The van der Waals surface area contributed by atoms with Crippen molar-refractivity contribution in [2.24, 2.45) is 0 Å². The molecule has 6 heteroatoms. The second-order valence-electron chi connectivity index (χ2n) is 5.64. The molecule has 1 N–H and O–H groups in total. The number of carbonyl (C=O) groups excluding carboxylic acids is 1. The van der Waals surface area contributed by atoms with Crippen molar-refractivity contribution in [1.82, 2.24) is 0 Å². The smallest absolute Gasteiger partial charge is 0.495 e. The monoisotopic (exact) mass is 282 g/mol. The second-order valence-corrected chi connectivity index (χ2v) is 6.05. The van der Waals surface area contributed by atoms with Crippen molar-refractivity contribution in [2.75, 3.05) is 0 Å². The van der Waals surface area contributed by atoms with Crippen molar-refractivity contribution >= 4 is 30.5 Å². The Balaban J connectivity index is 2.44. The lowest BCUT2D eigenvalue weighted by molar-refractivity contribution is 0.00578. The van der Waals surface area contributed by atoms with Crippen LogP contribution in [-0.2, 0) is 9.31 Å². The predicted molar refractivity (Wildman–Crippen MR) is 74.2 cm³/mol. The largest absolute Gasteiger partial charge is 0.506 e. The molecule has 0 aliphatic carbocycles. The third-order valence-electron chi connectivity index (χ3n) is 3.79. The number of phenols is 1. The molecule has 0 bridgehead atoms. The van der Waals surface area contributed by atoms with Crippen LogP contribution in [0.1, 0.15) is 38.1 Å². The number of rotatable bonds is 2. The molecule has 0 unspecified atom stereocenters. The van der Waals surface area contributed by atoms with Gasteiger partial charge in [0.15, 0.2) is 0 Å². The Bertz CT molecular complexity index is 512. The van der Waals surface area contributed by atoms with Crippen molar-refractivity contribution in [1.29, 1.82) is 0 Å². The van der Waals surface area contributed by atoms with Crippen LogP contribution in [0.15, 0.2) is 12.1 Å². The van der Waals surface area contributed by atoms with E-state index >= 15 is 0 Å². The first kappa shape index (κ1) is 14.4. The summed E-state index contributed by atoms with van der Waals surface area (Å²) in [6.45, 7) is 7.70. The van der Waals surface area contributed by atoms with Gasteiger partial charge in [0.05, 0.1) is 16.2 Å². The van der Waals surface area contributed by atoms with E-state index in [1.165, 1.54) is 12.1 Å². The Kier molecular flexibility index (Phi) is 3.41. The van der Waals surface area contributed by atoms with Gasteiger partial charge in [0.25, 0.3) is 0 Å². The number of hydrogen-bond acceptors (Lipinski definition) is 4. The summed E-state index contributed by atoms with van der Waals surface area (Å²) in [7, 11) is -0.678. The molecule has 1 fully saturated rings. The van der Waals surface area contributed by atoms with Gasteiger partial charge in [-0.3, -0.25) is 4.79 Å². The van der Waals surface area contributed by atoms with E-state index < -0.39 is 18.3 Å². The number of phenolic OH excluding ortho intramolecular Hbond substituents is 1. The van der Waals surface area contributed by atoms with Crippen molar-refractivity contribution in [2.45, 2.75) is 38.9 Å². The van der Waals surface area contributed by atoms with Crippen LogP contribution >= 0.6 is 11.6 Å². The number of carbonyl (C=O) groups is 1. The van der Waals surface area contributed by atoms with E-state index in [0.717, 1.165) is 0 Å². The van der Waals surface area contributed by atoms with Crippen molar-refractivity contribution in [3.8, 4) is 5.75 Å². The summed E-state index contributed by atoms with van der Waals surface area (Å²) < 4.78 is 11.7. The Labute approximate surface area is 117 Å². The predicted octanol–water partition coefficient (Wildman–Crippen LogP) is 2.16. The fraction of sp³-hybridized carbons (Fsp3) is 0.462. The third kappa shape index (κ3) is 2.38. The van der Waals surface area contributed by atoms with E-state index in [-0.39, 0.29) is 10.8 Å². The summed E-state index contributed by atoms with van der Waals surface area (Å²) >= 11 is 5.89. The van der Waals surface area contributed by atoms with E-state index in [0.29, 0.717) is 17.3 Å². The van der Waals surface area contributed by atoms with Gasteiger partial charge in [0.2, 0.25) is 0 Å². The van der Waals surface area contributed by atoms with Crippen LogP contribution in [0.3, 0.4) is 0 Å². The standard InChI is InChI=1S/C13H16BClO4/c1-12(2)13(3,4)19-14(18-12)9-6-10(15)11(17)5-8(9)7-16/h5-7,17H,1-4H3. The molecule has 0 radical (unpaired) electrons. The maximum atomic E-state index is 11.1. The highest BCUT2D eigenvalue weighted by Crippen LogP contribution is 2.37. The molecule has 0 aromatic heterocycles. The van der Waals surface area contributed by atoms with Gasteiger partial charge in [-0.25, -0.2) is 0 Å². The van der Waals surface area contributed by atoms with Gasteiger partial charge in [-0.15, -0.1) is 0 Å². The zero-order chi connectivity index (χ0) is 14.4. The Hall–Kier alpha value is -1.04. The van der Waals surface area contributed by atoms with E-state index in [9.17, 15) is 9.90 Å². The summed E-state index contributed by atoms with van der Waals surface area (Å²) in [5.74, 6) is -0.135. The highest BCUT2D eigenvalue weighted by molar-refractivity contribution is 6.63. The molecule has 1 heterocycles. The van der Waals surface area contributed by atoms with E-state index in [4.69, 9.17) is 20.9 Å². The molecule has 1 aromatic carbocycles. The quantitative estimate of drug-likeness (QED) is 0.667. The molecule has 0 saturated carbocycles. The average molecular weight is 283 g/mol. The van der Waals surface area contributed by atoms with Gasteiger partial charge in [0.1, 0.15) is 12.0 Å². The Morgan fingerprint density at radius 2 is 1.74 bits per heavy atom. The number of benzene rings is 1. The highest BCUT2D eigenvalue weighted by atomic mass is 35.5. The van der Waals surface area contributed by atoms with Gasteiger partial charge in [-0.2, -0.15) is 0 Å². The number of halogens is 1. The normalized spacial score (nSPS) is 20.6. The summed E-state index contributed by atoms with van der Waals surface area (Å²) in [6.07, 6.45) is 0.649. The second kappa shape index (κ2) is 4.51. The molecule has 2 rings (SSSR count). The average Bonchev–Trinajstić information content (AvgIpc) is 2.51. The van der Waals surface area contributed by atoms with Gasteiger partial charge < -0.3 is 14.4 Å². The Morgan fingerprint density at radius 3 is 2.21 bits per heavy atom. The van der Waals surface area contributed by atoms with Gasteiger partial charge >= 0.3 is 7.12 Å². The van der Waals surface area contributed by atoms with Crippen LogP contribution in [0, 0.1) is 0 Å². The van der Waals surface area contributed by atoms with Crippen LogP contribution in [0.5, 0.6) is 5.75 Å². The van der Waals surface area contributed by atoms with Crippen LogP contribution in [0.2, 0.25) is 5.02 Å². The summed E-state index contributed by atoms with van der Waals surface area (Å²) in [4.78, 5) is 11.1.